The molecule has 20 heavy (non-hydrogen) atoms. The van der Waals surface area contributed by atoms with Gasteiger partial charge < -0.3 is 15.3 Å². The summed E-state index contributed by atoms with van der Waals surface area (Å²) >= 11 is 0. The van der Waals surface area contributed by atoms with Crippen LogP contribution in [0.15, 0.2) is 12.1 Å². The van der Waals surface area contributed by atoms with Gasteiger partial charge in [-0.3, -0.25) is 4.79 Å². The molecule has 0 saturated carbocycles. The van der Waals surface area contributed by atoms with Crippen LogP contribution in [0.1, 0.15) is 39.4 Å². The van der Waals surface area contributed by atoms with Crippen molar-refractivity contribution in [2.75, 3.05) is 20.1 Å². The van der Waals surface area contributed by atoms with Crippen molar-refractivity contribution >= 4 is 11.9 Å². The zero-order chi connectivity index (χ0) is 14.7. The lowest BCUT2D eigenvalue weighted by Crippen LogP contribution is -2.44. The molecule has 1 aromatic rings. The Kier molecular flexibility index (Phi) is 4.34. The number of piperidine rings is 1. The standard InChI is InChI=1S/C14H19N3O3/c1-9-11(14(19)20)3-4-12(16-9)13(18)17(2)10-5-7-15-8-6-10/h3-4,10,15H,5-8H2,1-2H3,(H,19,20). The third-order valence-corrected chi connectivity index (χ3v) is 3.71. The summed E-state index contributed by atoms with van der Waals surface area (Å²) in [6, 6.07) is 3.13. The largest absolute Gasteiger partial charge is 0.478 e. The zero-order valence-corrected chi connectivity index (χ0v) is 11.7. The number of hydrogen-bond donors (Lipinski definition) is 2. The first kappa shape index (κ1) is 14.5. The van der Waals surface area contributed by atoms with Gasteiger partial charge in [0.1, 0.15) is 5.69 Å². The van der Waals surface area contributed by atoms with Crippen LogP contribution < -0.4 is 5.32 Å². The van der Waals surface area contributed by atoms with Gasteiger partial charge in [-0.1, -0.05) is 0 Å². The lowest BCUT2D eigenvalue weighted by molar-refractivity contribution is 0.0680. The van der Waals surface area contributed by atoms with E-state index in [0.29, 0.717) is 11.4 Å². The molecule has 2 heterocycles. The van der Waals surface area contributed by atoms with Crippen molar-refractivity contribution in [1.82, 2.24) is 15.2 Å². The summed E-state index contributed by atoms with van der Waals surface area (Å²) in [6.45, 7) is 3.42. The molecule has 1 aliphatic heterocycles. The van der Waals surface area contributed by atoms with Gasteiger partial charge in [0, 0.05) is 13.1 Å². The van der Waals surface area contributed by atoms with E-state index in [-0.39, 0.29) is 17.5 Å². The summed E-state index contributed by atoms with van der Waals surface area (Å²) in [5, 5.41) is 12.2. The van der Waals surface area contributed by atoms with Gasteiger partial charge in [-0.25, -0.2) is 9.78 Å². The maximum atomic E-state index is 12.4. The average molecular weight is 277 g/mol. The van der Waals surface area contributed by atoms with Crippen LogP contribution >= 0.6 is 0 Å². The van der Waals surface area contributed by atoms with Crippen molar-refractivity contribution in [1.29, 1.82) is 0 Å². The predicted octanol–water partition coefficient (Wildman–Crippen LogP) is 0.912. The highest BCUT2D eigenvalue weighted by atomic mass is 16.4. The van der Waals surface area contributed by atoms with Gasteiger partial charge in [0.2, 0.25) is 0 Å². The third-order valence-electron chi connectivity index (χ3n) is 3.71. The van der Waals surface area contributed by atoms with Gasteiger partial charge in [-0.2, -0.15) is 0 Å². The highest BCUT2D eigenvalue weighted by Gasteiger charge is 2.24. The maximum absolute atomic E-state index is 12.4. The molecule has 1 saturated heterocycles. The number of aromatic carboxylic acids is 1. The van der Waals surface area contributed by atoms with E-state index in [0.717, 1.165) is 25.9 Å². The van der Waals surface area contributed by atoms with Crippen LogP contribution in [0.3, 0.4) is 0 Å². The van der Waals surface area contributed by atoms with Crippen LogP contribution in [0.4, 0.5) is 0 Å². The molecule has 1 amide bonds. The van der Waals surface area contributed by atoms with Crippen molar-refractivity contribution in [3.8, 4) is 0 Å². The fourth-order valence-electron chi connectivity index (χ4n) is 2.45. The van der Waals surface area contributed by atoms with E-state index in [4.69, 9.17) is 5.11 Å². The number of carboxylic acids is 1. The molecule has 0 radical (unpaired) electrons. The fourth-order valence-corrected chi connectivity index (χ4v) is 2.45. The van der Waals surface area contributed by atoms with E-state index >= 15 is 0 Å². The van der Waals surface area contributed by atoms with E-state index in [2.05, 4.69) is 10.3 Å². The monoisotopic (exact) mass is 277 g/mol. The van der Waals surface area contributed by atoms with Crippen LogP contribution in [-0.4, -0.2) is 53.0 Å². The van der Waals surface area contributed by atoms with E-state index < -0.39 is 5.97 Å². The van der Waals surface area contributed by atoms with Crippen molar-refractivity contribution in [2.45, 2.75) is 25.8 Å². The molecule has 1 fully saturated rings. The summed E-state index contributed by atoms with van der Waals surface area (Å²) in [5.41, 5.74) is 0.793. The molecule has 108 valence electrons. The predicted molar refractivity (Wildman–Crippen MR) is 73.9 cm³/mol. The summed E-state index contributed by atoms with van der Waals surface area (Å²) in [4.78, 5) is 29.1. The lowest BCUT2D eigenvalue weighted by atomic mass is 10.0. The second-order valence-corrected chi connectivity index (χ2v) is 5.03. The molecule has 6 nitrogen and oxygen atoms in total. The lowest BCUT2D eigenvalue weighted by Gasteiger charge is -2.31. The van der Waals surface area contributed by atoms with Crippen LogP contribution in [0, 0.1) is 6.92 Å². The molecule has 2 rings (SSSR count). The van der Waals surface area contributed by atoms with Crippen LogP contribution in [0.25, 0.3) is 0 Å². The molecule has 1 aliphatic rings. The number of rotatable bonds is 3. The summed E-state index contributed by atoms with van der Waals surface area (Å²) in [5.74, 6) is -1.18. The van der Waals surface area contributed by atoms with E-state index in [1.54, 1.807) is 18.9 Å². The minimum Gasteiger partial charge on any atom is -0.478 e. The number of nitrogens with one attached hydrogen (secondary N) is 1. The number of carboxylic acid groups (broad SMARTS) is 1. The van der Waals surface area contributed by atoms with Crippen LogP contribution in [-0.2, 0) is 0 Å². The molecule has 6 heteroatoms. The summed E-state index contributed by atoms with van der Waals surface area (Å²) in [6.07, 6.45) is 1.85. The van der Waals surface area contributed by atoms with Crippen molar-refractivity contribution in [3.05, 3.63) is 29.1 Å². The van der Waals surface area contributed by atoms with Gasteiger partial charge >= 0.3 is 5.97 Å². The van der Waals surface area contributed by atoms with Crippen LogP contribution in [0.5, 0.6) is 0 Å². The van der Waals surface area contributed by atoms with Gasteiger partial charge in [-0.05, 0) is 45.0 Å². The first-order valence-corrected chi connectivity index (χ1v) is 6.69. The number of amides is 1. The topological polar surface area (TPSA) is 82.5 Å². The second-order valence-electron chi connectivity index (χ2n) is 5.03. The number of carbonyl (C=O) groups is 2. The molecule has 0 aromatic carbocycles. The molecule has 2 N–H and O–H groups in total. The van der Waals surface area contributed by atoms with Gasteiger partial charge in [0.05, 0.1) is 11.3 Å². The Morgan fingerprint density at radius 1 is 1.35 bits per heavy atom. The zero-order valence-electron chi connectivity index (χ0n) is 11.7. The summed E-state index contributed by atoms with van der Waals surface area (Å²) < 4.78 is 0. The van der Waals surface area contributed by atoms with Crippen molar-refractivity contribution in [3.63, 3.8) is 0 Å². The first-order chi connectivity index (χ1) is 9.50. The van der Waals surface area contributed by atoms with Gasteiger partial charge in [0.25, 0.3) is 5.91 Å². The Morgan fingerprint density at radius 2 is 2.00 bits per heavy atom. The molecule has 0 atom stereocenters. The smallest absolute Gasteiger partial charge is 0.337 e. The normalized spacial score (nSPS) is 15.9. The Morgan fingerprint density at radius 3 is 2.55 bits per heavy atom. The minimum atomic E-state index is -1.03. The van der Waals surface area contributed by atoms with Gasteiger partial charge in [0.15, 0.2) is 0 Å². The quantitative estimate of drug-likeness (QED) is 0.858. The molecule has 0 unspecified atom stereocenters. The van der Waals surface area contributed by atoms with Gasteiger partial charge in [-0.15, -0.1) is 0 Å². The Hall–Kier alpha value is -1.95. The minimum absolute atomic E-state index is 0.131. The molecule has 1 aromatic heterocycles. The molecular weight excluding hydrogens is 258 g/mol. The molecule has 0 aliphatic carbocycles. The summed E-state index contributed by atoms with van der Waals surface area (Å²) in [7, 11) is 1.78. The van der Waals surface area contributed by atoms with Crippen molar-refractivity contribution < 1.29 is 14.7 Å². The number of hydrogen-bond acceptors (Lipinski definition) is 4. The maximum Gasteiger partial charge on any atom is 0.337 e. The Balaban J connectivity index is 2.16. The second kappa shape index (κ2) is 6.00. The average Bonchev–Trinajstić information content (AvgIpc) is 2.46. The molecular formula is C14H19N3O3. The fraction of sp³-hybridized carbons (Fsp3) is 0.500. The highest BCUT2D eigenvalue weighted by Crippen LogP contribution is 2.14. The SMILES string of the molecule is Cc1nc(C(=O)N(C)C2CCNCC2)ccc1C(=O)O. The van der Waals surface area contributed by atoms with E-state index in [9.17, 15) is 9.59 Å². The van der Waals surface area contributed by atoms with E-state index in [1.807, 2.05) is 0 Å². The number of nitrogens with zero attached hydrogens (tertiary/aromatic N) is 2. The number of aromatic nitrogens is 1. The first-order valence-electron chi connectivity index (χ1n) is 6.69. The number of aryl methyl sites for hydroxylation is 1. The Labute approximate surface area is 117 Å². The number of pyridine rings is 1. The highest BCUT2D eigenvalue weighted by molar-refractivity contribution is 5.94. The van der Waals surface area contributed by atoms with E-state index in [1.165, 1.54) is 12.1 Å². The third kappa shape index (κ3) is 2.96. The number of carbonyl (C=O) groups excluding carboxylic acids is 1. The molecule has 0 bridgehead atoms. The molecule has 0 spiro atoms. The van der Waals surface area contributed by atoms with Crippen LogP contribution in [0.2, 0.25) is 0 Å². The Bertz CT molecular complexity index is 524. The van der Waals surface area contributed by atoms with Crippen molar-refractivity contribution in [2.24, 2.45) is 0 Å².